The number of carbonyl (C=O) groups is 1. The molecule has 1 aromatic carbocycles. The van der Waals surface area contributed by atoms with Gasteiger partial charge in [-0.15, -0.1) is 0 Å². The van der Waals surface area contributed by atoms with Crippen LogP contribution in [0.15, 0.2) is 24.3 Å². The third-order valence-corrected chi connectivity index (χ3v) is 2.87. The van der Waals surface area contributed by atoms with Crippen LogP contribution in [0.4, 0.5) is 13.2 Å². The van der Waals surface area contributed by atoms with Crippen LogP contribution in [0.3, 0.4) is 0 Å². The molecule has 0 aliphatic rings. The number of halogens is 3. The number of hydrogen-bond donors (Lipinski definition) is 1. The number of rotatable bonds is 5. The first kappa shape index (κ1) is 15.5. The fraction of sp³-hybridized carbons (Fsp3) is 0.462. The highest BCUT2D eigenvalue weighted by Gasteiger charge is 2.59. The molecule has 0 radical (unpaired) electrons. The normalized spacial score (nSPS) is 14.8. The van der Waals surface area contributed by atoms with E-state index in [2.05, 4.69) is 4.74 Å². The molecule has 19 heavy (non-hydrogen) atoms. The number of carbonyl (C=O) groups excluding carboxylic acids is 1. The lowest BCUT2D eigenvalue weighted by molar-refractivity contribution is -0.218. The Bertz CT molecular complexity index is 462. The molecule has 0 aliphatic heterocycles. The summed E-state index contributed by atoms with van der Waals surface area (Å²) in [6.45, 7) is 2.41. The highest BCUT2D eigenvalue weighted by Crippen LogP contribution is 2.41. The second-order valence-electron chi connectivity index (χ2n) is 4.02. The molecule has 1 aromatic rings. The van der Waals surface area contributed by atoms with Crippen LogP contribution in [0.1, 0.15) is 25.8 Å². The van der Waals surface area contributed by atoms with Crippen molar-refractivity contribution in [3.05, 3.63) is 35.6 Å². The van der Waals surface area contributed by atoms with Crippen LogP contribution in [-0.4, -0.2) is 23.6 Å². The third-order valence-electron chi connectivity index (χ3n) is 2.87. The minimum atomic E-state index is -4.16. The van der Waals surface area contributed by atoms with E-state index in [0.717, 1.165) is 18.2 Å². The summed E-state index contributed by atoms with van der Waals surface area (Å²) in [6.07, 6.45) is -0.470. The highest BCUT2D eigenvalue weighted by atomic mass is 19.3. The zero-order chi connectivity index (χ0) is 14.7. The predicted molar refractivity (Wildman–Crippen MR) is 62.2 cm³/mol. The molecule has 0 aromatic heterocycles. The summed E-state index contributed by atoms with van der Waals surface area (Å²) in [7, 11) is 0. The lowest BCUT2D eigenvalue weighted by Gasteiger charge is -2.33. The number of benzene rings is 1. The first-order valence-corrected chi connectivity index (χ1v) is 5.83. The molecule has 1 unspecified atom stereocenters. The minimum absolute atomic E-state index is 0.239. The van der Waals surface area contributed by atoms with E-state index in [1.165, 1.54) is 19.9 Å². The van der Waals surface area contributed by atoms with E-state index >= 15 is 0 Å². The van der Waals surface area contributed by atoms with Gasteiger partial charge in [0.2, 0.25) is 0 Å². The van der Waals surface area contributed by atoms with Crippen molar-refractivity contribution in [2.24, 2.45) is 0 Å². The lowest BCUT2D eigenvalue weighted by Crippen LogP contribution is -2.51. The Morgan fingerprint density at radius 1 is 1.37 bits per heavy atom. The van der Waals surface area contributed by atoms with Gasteiger partial charge < -0.3 is 9.84 Å². The summed E-state index contributed by atoms with van der Waals surface area (Å²) < 4.78 is 45.4. The van der Waals surface area contributed by atoms with Crippen molar-refractivity contribution in [3.8, 4) is 0 Å². The molecule has 0 bridgehead atoms. The number of hydrogen-bond acceptors (Lipinski definition) is 3. The second kappa shape index (κ2) is 5.61. The van der Waals surface area contributed by atoms with Gasteiger partial charge in [-0.05, 0) is 31.0 Å². The van der Waals surface area contributed by atoms with Gasteiger partial charge in [0.1, 0.15) is 5.82 Å². The number of esters is 1. The van der Waals surface area contributed by atoms with Crippen molar-refractivity contribution in [3.63, 3.8) is 0 Å². The fourth-order valence-electron chi connectivity index (χ4n) is 1.74. The smallest absolute Gasteiger partial charge is 0.380 e. The van der Waals surface area contributed by atoms with Crippen molar-refractivity contribution in [2.75, 3.05) is 6.61 Å². The topological polar surface area (TPSA) is 46.5 Å². The van der Waals surface area contributed by atoms with Crippen LogP contribution in [0, 0.1) is 5.82 Å². The van der Waals surface area contributed by atoms with E-state index in [0.29, 0.717) is 0 Å². The van der Waals surface area contributed by atoms with Crippen molar-refractivity contribution >= 4 is 5.97 Å². The summed E-state index contributed by atoms with van der Waals surface area (Å²) in [5.41, 5.74) is -3.17. The molecule has 0 amide bonds. The zero-order valence-corrected chi connectivity index (χ0v) is 10.6. The van der Waals surface area contributed by atoms with Gasteiger partial charge in [-0.25, -0.2) is 9.18 Å². The van der Waals surface area contributed by atoms with E-state index in [4.69, 9.17) is 0 Å². The first-order chi connectivity index (χ1) is 8.79. The molecule has 0 spiro atoms. The van der Waals surface area contributed by atoms with E-state index in [1.807, 2.05) is 0 Å². The summed E-state index contributed by atoms with van der Waals surface area (Å²) in [5.74, 6) is -6.77. The molecule has 1 N–H and O–H groups in total. The van der Waals surface area contributed by atoms with Gasteiger partial charge in [-0.1, -0.05) is 19.1 Å². The quantitative estimate of drug-likeness (QED) is 0.841. The van der Waals surface area contributed by atoms with Gasteiger partial charge in [0.15, 0.2) is 5.60 Å². The maximum Gasteiger partial charge on any atom is 0.380 e. The second-order valence-corrected chi connectivity index (χ2v) is 4.02. The van der Waals surface area contributed by atoms with E-state index < -0.39 is 29.7 Å². The van der Waals surface area contributed by atoms with Gasteiger partial charge in [-0.3, -0.25) is 0 Å². The van der Waals surface area contributed by atoms with Crippen LogP contribution < -0.4 is 0 Å². The average Bonchev–Trinajstić information content (AvgIpc) is 2.37. The Morgan fingerprint density at radius 3 is 2.47 bits per heavy atom. The van der Waals surface area contributed by atoms with Crippen molar-refractivity contribution in [1.29, 1.82) is 0 Å². The summed E-state index contributed by atoms with van der Waals surface area (Å²) >= 11 is 0. The Labute approximate surface area is 109 Å². The predicted octanol–water partition coefficient (Wildman–Crippen LogP) is 2.62. The fourth-order valence-corrected chi connectivity index (χ4v) is 1.74. The Kier molecular flexibility index (Phi) is 4.57. The lowest BCUT2D eigenvalue weighted by atomic mass is 9.84. The zero-order valence-electron chi connectivity index (χ0n) is 10.6. The number of alkyl halides is 2. The molecule has 1 atom stereocenters. The highest BCUT2D eigenvalue weighted by molar-refractivity contribution is 5.79. The number of ether oxygens (including phenoxy) is 1. The van der Waals surface area contributed by atoms with Gasteiger partial charge in [-0.2, -0.15) is 8.78 Å². The van der Waals surface area contributed by atoms with Crippen LogP contribution in [-0.2, 0) is 15.1 Å². The Balaban J connectivity index is 3.26. The molecule has 3 nitrogen and oxygen atoms in total. The van der Waals surface area contributed by atoms with Crippen LogP contribution in [0.5, 0.6) is 0 Å². The van der Waals surface area contributed by atoms with E-state index in [1.54, 1.807) is 0 Å². The molecule has 1 rings (SSSR count). The molecule has 0 aliphatic carbocycles. The van der Waals surface area contributed by atoms with Gasteiger partial charge >= 0.3 is 11.9 Å². The molecular weight excluding hydrogens is 261 g/mol. The van der Waals surface area contributed by atoms with Gasteiger partial charge in [0.25, 0.3) is 0 Å². The molecule has 0 heterocycles. The van der Waals surface area contributed by atoms with Crippen LogP contribution in [0.2, 0.25) is 0 Å². The third kappa shape index (κ3) is 2.73. The van der Waals surface area contributed by atoms with Gasteiger partial charge in [0.05, 0.1) is 6.61 Å². The molecule has 6 heteroatoms. The average molecular weight is 276 g/mol. The van der Waals surface area contributed by atoms with Gasteiger partial charge in [0, 0.05) is 0 Å². The van der Waals surface area contributed by atoms with Crippen LogP contribution in [0.25, 0.3) is 0 Å². The molecule has 0 saturated carbocycles. The molecular formula is C13H15F3O3. The summed E-state index contributed by atoms with van der Waals surface area (Å²) in [5, 5.41) is 10.1. The summed E-state index contributed by atoms with van der Waals surface area (Å²) in [6, 6.07) is 4.16. The van der Waals surface area contributed by atoms with E-state index in [-0.39, 0.29) is 12.2 Å². The van der Waals surface area contributed by atoms with Crippen LogP contribution >= 0.6 is 0 Å². The maximum atomic E-state index is 14.0. The van der Waals surface area contributed by atoms with Crippen molar-refractivity contribution < 1.29 is 27.8 Å². The minimum Gasteiger partial charge on any atom is -0.461 e. The van der Waals surface area contributed by atoms with E-state index in [9.17, 15) is 23.1 Å². The van der Waals surface area contributed by atoms with Crippen molar-refractivity contribution in [2.45, 2.75) is 31.8 Å². The molecule has 106 valence electrons. The summed E-state index contributed by atoms with van der Waals surface area (Å²) in [4.78, 5) is 11.3. The SMILES string of the molecule is CCOC(=O)C(F)(F)C(O)(CC)c1cccc(F)c1. The Morgan fingerprint density at radius 2 is 2.00 bits per heavy atom. The Hall–Kier alpha value is -1.56. The number of aliphatic hydroxyl groups is 1. The standard InChI is InChI=1S/C13H15F3O3/c1-3-12(18,9-6-5-7-10(14)8-9)13(15,16)11(17)19-4-2/h5-8,18H,3-4H2,1-2H3. The van der Waals surface area contributed by atoms with Crippen molar-refractivity contribution in [1.82, 2.24) is 0 Å². The first-order valence-electron chi connectivity index (χ1n) is 5.83. The largest absolute Gasteiger partial charge is 0.461 e. The monoisotopic (exact) mass is 276 g/mol. The molecule has 0 saturated heterocycles. The maximum absolute atomic E-state index is 14.0. The molecule has 0 fully saturated rings.